The summed E-state index contributed by atoms with van der Waals surface area (Å²) in [5.74, 6) is 1.11. The zero-order chi connectivity index (χ0) is 12.0. The van der Waals surface area contributed by atoms with Crippen LogP contribution in [0.25, 0.3) is 0 Å². The van der Waals surface area contributed by atoms with E-state index in [1.807, 2.05) is 23.1 Å². The number of carbonyl (C=O) groups is 1. The van der Waals surface area contributed by atoms with E-state index in [0.29, 0.717) is 11.8 Å². The third kappa shape index (κ3) is 1.70. The van der Waals surface area contributed by atoms with Gasteiger partial charge in [-0.3, -0.25) is 4.79 Å². The summed E-state index contributed by atoms with van der Waals surface area (Å²) in [5, 5.41) is 0. The van der Waals surface area contributed by atoms with E-state index in [1.165, 1.54) is 0 Å². The highest BCUT2D eigenvalue weighted by Crippen LogP contribution is 2.41. The molecule has 3 nitrogen and oxygen atoms in total. The van der Waals surface area contributed by atoms with Crippen LogP contribution in [0.5, 0.6) is 0 Å². The first kappa shape index (κ1) is 10.6. The molecule has 90 valence electrons. The average molecular weight is 230 g/mol. The molecule has 1 aliphatic heterocycles. The highest BCUT2D eigenvalue weighted by atomic mass is 16.2. The monoisotopic (exact) mass is 230 g/mol. The maximum atomic E-state index is 12.3. The predicted molar refractivity (Wildman–Crippen MR) is 68.8 cm³/mol. The number of nitrogens with zero attached hydrogens (tertiary/aromatic N) is 1. The molecule has 1 aliphatic carbocycles. The van der Waals surface area contributed by atoms with Crippen LogP contribution < -0.4 is 10.6 Å². The molecule has 2 unspecified atom stereocenters. The zero-order valence-corrected chi connectivity index (χ0v) is 10.1. The van der Waals surface area contributed by atoms with Crippen molar-refractivity contribution in [1.29, 1.82) is 0 Å². The van der Waals surface area contributed by atoms with Gasteiger partial charge in [0.05, 0.1) is 0 Å². The van der Waals surface area contributed by atoms with Crippen molar-refractivity contribution in [3.05, 3.63) is 23.8 Å². The number of hydrogen-bond acceptors (Lipinski definition) is 2. The normalized spacial score (nSPS) is 26.5. The lowest BCUT2D eigenvalue weighted by atomic mass is 9.99. The minimum Gasteiger partial charge on any atom is -0.398 e. The largest absolute Gasteiger partial charge is 0.398 e. The number of rotatable bonds is 1. The summed E-state index contributed by atoms with van der Waals surface area (Å²) in [7, 11) is 0. The number of anilines is 2. The van der Waals surface area contributed by atoms with Crippen molar-refractivity contribution in [2.24, 2.45) is 11.8 Å². The summed E-state index contributed by atoms with van der Waals surface area (Å²) in [6.07, 6.45) is 3.06. The second-order valence-electron chi connectivity index (χ2n) is 5.26. The van der Waals surface area contributed by atoms with Crippen LogP contribution in [-0.4, -0.2) is 12.5 Å². The number of benzene rings is 1. The summed E-state index contributed by atoms with van der Waals surface area (Å²) in [4.78, 5) is 14.3. The molecule has 3 heteroatoms. The summed E-state index contributed by atoms with van der Waals surface area (Å²) in [5.41, 5.74) is 9.00. The Bertz CT molecular complexity index is 469. The van der Waals surface area contributed by atoms with Gasteiger partial charge >= 0.3 is 0 Å². The molecule has 2 aliphatic rings. The molecular formula is C14H18N2O. The van der Waals surface area contributed by atoms with Gasteiger partial charge in [-0.05, 0) is 42.9 Å². The standard InChI is InChI=1S/C14H18N2O/c1-9-8-11(9)14(17)16-7-3-4-10-12(15)5-2-6-13(10)16/h2,5-6,9,11H,3-4,7-8,15H2,1H3. The molecule has 1 aromatic rings. The van der Waals surface area contributed by atoms with E-state index in [4.69, 9.17) is 5.73 Å². The maximum Gasteiger partial charge on any atom is 0.230 e. The molecule has 0 radical (unpaired) electrons. The zero-order valence-electron chi connectivity index (χ0n) is 10.1. The summed E-state index contributed by atoms with van der Waals surface area (Å²) in [6, 6.07) is 5.89. The van der Waals surface area contributed by atoms with Crippen molar-refractivity contribution in [1.82, 2.24) is 0 Å². The second-order valence-corrected chi connectivity index (χ2v) is 5.26. The average Bonchev–Trinajstić information content (AvgIpc) is 3.06. The van der Waals surface area contributed by atoms with Gasteiger partial charge in [-0.15, -0.1) is 0 Å². The first-order valence-electron chi connectivity index (χ1n) is 6.37. The van der Waals surface area contributed by atoms with E-state index in [-0.39, 0.29) is 5.92 Å². The van der Waals surface area contributed by atoms with Crippen LogP contribution in [0.4, 0.5) is 11.4 Å². The van der Waals surface area contributed by atoms with Crippen LogP contribution >= 0.6 is 0 Å². The van der Waals surface area contributed by atoms with E-state index in [2.05, 4.69) is 6.92 Å². The van der Waals surface area contributed by atoms with Crippen LogP contribution in [0.3, 0.4) is 0 Å². The Morgan fingerprint density at radius 2 is 2.24 bits per heavy atom. The first-order valence-corrected chi connectivity index (χ1v) is 6.37. The summed E-state index contributed by atoms with van der Waals surface area (Å²) >= 11 is 0. The SMILES string of the molecule is CC1CC1C(=O)N1CCCc2c(N)cccc21. The van der Waals surface area contributed by atoms with Crippen molar-refractivity contribution in [3.8, 4) is 0 Å². The molecule has 2 N–H and O–H groups in total. The molecule has 1 amide bonds. The molecule has 17 heavy (non-hydrogen) atoms. The molecule has 1 saturated carbocycles. The molecular weight excluding hydrogens is 212 g/mol. The number of nitrogens with two attached hydrogens (primary N) is 1. The molecule has 1 aromatic carbocycles. The molecule has 1 heterocycles. The number of carbonyl (C=O) groups excluding carboxylic acids is 1. The molecule has 0 aromatic heterocycles. The fourth-order valence-electron chi connectivity index (χ4n) is 2.75. The Balaban J connectivity index is 1.94. The minimum absolute atomic E-state index is 0.252. The smallest absolute Gasteiger partial charge is 0.230 e. The maximum absolute atomic E-state index is 12.3. The lowest BCUT2D eigenvalue weighted by Crippen LogP contribution is -2.37. The van der Waals surface area contributed by atoms with Crippen LogP contribution in [0.15, 0.2) is 18.2 Å². The third-order valence-electron chi connectivity index (χ3n) is 3.98. The van der Waals surface area contributed by atoms with Gasteiger partial charge in [0.25, 0.3) is 0 Å². The van der Waals surface area contributed by atoms with Crippen LogP contribution in [-0.2, 0) is 11.2 Å². The van der Waals surface area contributed by atoms with Crippen LogP contribution in [0.2, 0.25) is 0 Å². The third-order valence-corrected chi connectivity index (χ3v) is 3.98. The van der Waals surface area contributed by atoms with Gasteiger partial charge in [-0.1, -0.05) is 13.0 Å². The Morgan fingerprint density at radius 1 is 1.47 bits per heavy atom. The van der Waals surface area contributed by atoms with Crippen molar-refractivity contribution in [2.75, 3.05) is 17.2 Å². The van der Waals surface area contributed by atoms with Crippen molar-refractivity contribution in [2.45, 2.75) is 26.2 Å². The van der Waals surface area contributed by atoms with Gasteiger partial charge in [-0.2, -0.15) is 0 Å². The fourth-order valence-corrected chi connectivity index (χ4v) is 2.75. The molecule has 3 rings (SSSR count). The van der Waals surface area contributed by atoms with Gasteiger partial charge < -0.3 is 10.6 Å². The van der Waals surface area contributed by atoms with E-state index in [0.717, 1.165) is 42.7 Å². The fraction of sp³-hybridized carbons (Fsp3) is 0.500. The minimum atomic E-state index is 0.252. The first-order chi connectivity index (χ1) is 8.18. The quantitative estimate of drug-likeness (QED) is 0.752. The highest BCUT2D eigenvalue weighted by molar-refractivity contribution is 5.98. The number of amides is 1. The van der Waals surface area contributed by atoms with Gasteiger partial charge in [-0.25, -0.2) is 0 Å². The molecule has 0 bridgehead atoms. The number of hydrogen-bond donors (Lipinski definition) is 1. The van der Waals surface area contributed by atoms with Crippen molar-refractivity contribution < 1.29 is 4.79 Å². The van der Waals surface area contributed by atoms with E-state index < -0.39 is 0 Å². The Morgan fingerprint density at radius 3 is 2.94 bits per heavy atom. The van der Waals surface area contributed by atoms with Gasteiger partial charge in [0.15, 0.2) is 0 Å². The number of fused-ring (bicyclic) bond motifs is 1. The lowest BCUT2D eigenvalue weighted by molar-refractivity contribution is -0.120. The Hall–Kier alpha value is -1.51. The molecule has 0 saturated heterocycles. The van der Waals surface area contributed by atoms with Crippen LogP contribution in [0.1, 0.15) is 25.3 Å². The lowest BCUT2D eigenvalue weighted by Gasteiger charge is -2.30. The van der Waals surface area contributed by atoms with Crippen molar-refractivity contribution >= 4 is 17.3 Å². The van der Waals surface area contributed by atoms with Crippen LogP contribution in [0, 0.1) is 11.8 Å². The second kappa shape index (κ2) is 3.76. The van der Waals surface area contributed by atoms with E-state index >= 15 is 0 Å². The topological polar surface area (TPSA) is 46.3 Å². The predicted octanol–water partition coefficient (Wildman–Crippen LogP) is 2.20. The van der Waals surface area contributed by atoms with E-state index in [9.17, 15) is 4.79 Å². The summed E-state index contributed by atoms with van der Waals surface area (Å²) < 4.78 is 0. The Labute approximate surface area is 102 Å². The van der Waals surface area contributed by atoms with Gasteiger partial charge in [0, 0.05) is 23.8 Å². The van der Waals surface area contributed by atoms with Gasteiger partial charge in [0.2, 0.25) is 5.91 Å². The Kier molecular flexibility index (Phi) is 2.35. The van der Waals surface area contributed by atoms with Crippen molar-refractivity contribution in [3.63, 3.8) is 0 Å². The highest BCUT2D eigenvalue weighted by Gasteiger charge is 2.42. The summed E-state index contributed by atoms with van der Waals surface area (Å²) in [6.45, 7) is 2.99. The number of nitrogen functional groups attached to an aromatic ring is 1. The molecule has 0 spiro atoms. The van der Waals surface area contributed by atoms with E-state index in [1.54, 1.807) is 0 Å². The van der Waals surface area contributed by atoms with Gasteiger partial charge in [0.1, 0.15) is 0 Å². The molecule has 1 fully saturated rings. The molecule has 2 atom stereocenters.